The van der Waals surface area contributed by atoms with Crippen LogP contribution in [0.1, 0.15) is 38.8 Å². The van der Waals surface area contributed by atoms with Crippen LogP contribution in [-0.4, -0.2) is 11.6 Å². The number of hydrogen-bond donors (Lipinski definition) is 0. The van der Waals surface area contributed by atoms with Gasteiger partial charge in [-0.3, -0.25) is 0 Å². The smallest absolute Gasteiger partial charge is 0.388 e. The van der Waals surface area contributed by atoms with E-state index in [2.05, 4.69) is 9.72 Å². The van der Waals surface area contributed by atoms with E-state index in [1.54, 1.807) is 13.0 Å². The van der Waals surface area contributed by atoms with Gasteiger partial charge in [0.15, 0.2) is 0 Å². The minimum Gasteiger partial charge on any atom is -0.415 e. The van der Waals surface area contributed by atoms with Crippen LogP contribution in [0.15, 0.2) is 12.3 Å². The Morgan fingerprint density at radius 1 is 1.29 bits per heavy atom. The molecule has 1 aromatic heterocycles. The molecule has 1 rings (SSSR count). The van der Waals surface area contributed by atoms with E-state index in [1.165, 1.54) is 12.3 Å². The summed E-state index contributed by atoms with van der Waals surface area (Å²) < 4.78 is 27.6. The lowest BCUT2D eigenvalue weighted by Crippen LogP contribution is -2.05. The second-order valence-electron chi connectivity index (χ2n) is 2.36. The van der Waals surface area contributed by atoms with Crippen molar-refractivity contribution in [2.24, 2.45) is 0 Å². The Morgan fingerprint density at radius 3 is 2.24 bits per heavy atom. The lowest BCUT2D eigenvalue weighted by atomic mass is 10.2. The number of nitrogens with zero attached hydrogens (tertiary/aromatic N) is 2. The summed E-state index contributed by atoms with van der Waals surface area (Å²) in [6.45, 7) is 6.75. The first-order valence-electron chi connectivity index (χ1n) is 5.45. The number of nitriles is 1. The Balaban J connectivity index is 0. The molecule has 1 heterocycles. The summed E-state index contributed by atoms with van der Waals surface area (Å²) in [5.41, 5.74) is 0.735. The largest absolute Gasteiger partial charge is 0.415 e. The summed E-state index contributed by atoms with van der Waals surface area (Å²) in [6, 6.07) is 3.16. The molecule has 5 heteroatoms. The number of ether oxygens (including phenoxy) is 1. The van der Waals surface area contributed by atoms with Crippen LogP contribution in [-0.2, 0) is 0 Å². The third kappa shape index (κ3) is 7.23. The predicted octanol–water partition coefficient (Wildman–Crippen LogP) is 3.92. The zero-order chi connectivity index (χ0) is 13.8. The second-order valence-corrected chi connectivity index (χ2v) is 2.36. The highest BCUT2D eigenvalue weighted by Crippen LogP contribution is 2.17. The van der Waals surface area contributed by atoms with Gasteiger partial charge in [0.25, 0.3) is 0 Å². The molecule has 0 spiro atoms. The van der Waals surface area contributed by atoms with Gasteiger partial charge in [-0.1, -0.05) is 27.7 Å². The Morgan fingerprint density at radius 2 is 1.82 bits per heavy atom. The van der Waals surface area contributed by atoms with E-state index in [-0.39, 0.29) is 11.4 Å². The molecule has 0 aliphatic rings. The highest BCUT2D eigenvalue weighted by atomic mass is 19.3. The number of aryl methyl sites for hydroxylation is 1. The zero-order valence-electron chi connectivity index (χ0n) is 10.8. The van der Waals surface area contributed by atoms with Crippen molar-refractivity contribution >= 4 is 0 Å². The molecule has 0 amide bonds. The normalized spacial score (nSPS) is 8.18. The van der Waals surface area contributed by atoms with Gasteiger partial charge in [-0.25, -0.2) is 4.98 Å². The molecular weight excluding hydrogens is 226 g/mol. The van der Waals surface area contributed by atoms with Gasteiger partial charge in [-0.15, -0.1) is 0 Å². The third-order valence-corrected chi connectivity index (χ3v) is 1.31. The summed E-state index contributed by atoms with van der Waals surface area (Å²) in [7, 11) is 0. The fourth-order valence-electron chi connectivity index (χ4n) is 0.815. The van der Waals surface area contributed by atoms with Gasteiger partial charge in [0, 0.05) is 6.20 Å². The molecule has 0 aliphatic carbocycles. The molecule has 0 saturated heterocycles. The molecular formula is C12H18F2N2O. The van der Waals surface area contributed by atoms with Gasteiger partial charge in [0.1, 0.15) is 11.6 Å². The highest BCUT2D eigenvalue weighted by molar-refractivity contribution is 5.39. The Kier molecular flexibility index (Phi) is 11.2. The van der Waals surface area contributed by atoms with Crippen molar-refractivity contribution < 1.29 is 13.5 Å². The maximum atomic E-state index is 11.8. The molecule has 96 valence electrons. The van der Waals surface area contributed by atoms with Crippen molar-refractivity contribution in [1.82, 2.24) is 4.98 Å². The van der Waals surface area contributed by atoms with Crippen molar-refractivity contribution in [2.45, 2.75) is 41.2 Å². The van der Waals surface area contributed by atoms with Crippen molar-refractivity contribution in [3.8, 4) is 11.9 Å². The summed E-state index contributed by atoms with van der Waals surface area (Å²) >= 11 is 0. The topological polar surface area (TPSA) is 45.9 Å². The van der Waals surface area contributed by atoms with Crippen molar-refractivity contribution in [3.63, 3.8) is 0 Å². The zero-order valence-corrected chi connectivity index (χ0v) is 10.8. The van der Waals surface area contributed by atoms with Crippen LogP contribution in [0, 0.1) is 18.3 Å². The van der Waals surface area contributed by atoms with E-state index in [4.69, 9.17) is 5.26 Å². The summed E-state index contributed by atoms with van der Waals surface area (Å²) in [6.07, 6.45) is 1.36. The van der Waals surface area contributed by atoms with Gasteiger partial charge in [-0.2, -0.15) is 14.0 Å². The van der Waals surface area contributed by atoms with E-state index in [0.29, 0.717) is 0 Å². The van der Waals surface area contributed by atoms with Gasteiger partial charge >= 0.3 is 6.61 Å². The van der Waals surface area contributed by atoms with Crippen LogP contribution in [0.25, 0.3) is 0 Å². The molecule has 1 aromatic rings. The summed E-state index contributed by atoms with van der Waals surface area (Å²) in [5, 5.41) is 8.54. The molecule has 0 aliphatic heterocycles. The van der Waals surface area contributed by atoms with Gasteiger partial charge < -0.3 is 4.74 Å². The average Bonchev–Trinajstić information content (AvgIpc) is 2.36. The van der Waals surface area contributed by atoms with Crippen LogP contribution in [0.4, 0.5) is 8.78 Å². The fraction of sp³-hybridized carbons (Fsp3) is 0.500. The molecule has 0 bridgehead atoms. The van der Waals surface area contributed by atoms with Crippen LogP contribution < -0.4 is 4.74 Å². The Hall–Kier alpha value is -1.70. The molecule has 17 heavy (non-hydrogen) atoms. The van der Waals surface area contributed by atoms with Gasteiger partial charge in [-0.05, 0) is 18.6 Å². The van der Waals surface area contributed by atoms with E-state index in [0.717, 1.165) is 5.56 Å². The minimum atomic E-state index is -2.96. The van der Waals surface area contributed by atoms with E-state index in [9.17, 15) is 8.78 Å². The van der Waals surface area contributed by atoms with Crippen LogP contribution in [0.5, 0.6) is 5.88 Å². The second kappa shape index (κ2) is 10.8. The molecule has 0 atom stereocenters. The highest BCUT2D eigenvalue weighted by Gasteiger charge is 2.10. The molecule has 0 saturated carbocycles. The maximum Gasteiger partial charge on any atom is 0.388 e. The van der Waals surface area contributed by atoms with E-state index >= 15 is 0 Å². The number of aromatic nitrogens is 1. The first-order valence-corrected chi connectivity index (χ1v) is 5.45. The van der Waals surface area contributed by atoms with Crippen molar-refractivity contribution in [2.75, 3.05) is 0 Å². The molecule has 0 unspecified atom stereocenters. The predicted molar refractivity (Wildman–Crippen MR) is 63.0 cm³/mol. The average molecular weight is 244 g/mol. The Labute approximate surface area is 101 Å². The molecule has 0 N–H and O–H groups in total. The molecule has 3 nitrogen and oxygen atoms in total. The standard InChI is InChI=1S/C8H6F2N2O.2C2H6/c1-5-2-6(3-11)7(12-4-5)13-8(9)10;2*1-2/h2,4,8H,1H3;2*1-2H3. The summed E-state index contributed by atoms with van der Waals surface area (Å²) in [5.74, 6) is -0.330. The van der Waals surface area contributed by atoms with Crippen LogP contribution in [0.3, 0.4) is 0 Å². The van der Waals surface area contributed by atoms with Crippen LogP contribution >= 0.6 is 0 Å². The number of hydrogen-bond acceptors (Lipinski definition) is 3. The van der Waals surface area contributed by atoms with Gasteiger partial charge in [0.2, 0.25) is 5.88 Å². The lowest BCUT2D eigenvalue weighted by Gasteiger charge is -2.04. The fourth-order valence-corrected chi connectivity index (χ4v) is 0.815. The Bertz CT molecular complexity index is 349. The number of alkyl halides is 2. The van der Waals surface area contributed by atoms with E-state index < -0.39 is 6.61 Å². The van der Waals surface area contributed by atoms with Gasteiger partial charge in [0.05, 0.1) is 0 Å². The van der Waals surface area contributed by atoms with Crippen molar-refractivity contribution in [3.05, 3.63) is 23.4 Å². The molecule has 0 aromatic carbocycles. The first kappa shape index (κ1) is 17.7. The van der Waals surface area contributed by atoms with Crippen LogP contribution in [0.2, 0.25) is 0 Å². The molecule has 0 fully saturated rings. The minimum absolute atomic E-state index is 0.0142. The van der Waals surface area contributed by atoms with E-state index in [1.807, 2.05) is 27.7 Å². The third-order valence-electron chi connectivity index (χ3n) is 1.31. The lowest BCUT2D eigenvalue weighted by molar-refractivity contribution is -0.0530. The number of halogens is 2. The summed E-state index contributed by atoms with van der Waals surface area (Å²) in [4.78, 5) is 3.56. The SMILES string of the molecule is CC.CC.Cc1cnc(OC(F)F)c(C#N)c1. The quantitative estimate of drug-likeness (QED) is 0.792. The van der Waals surface area contributed by atoms with Crippen molar-refractivity contribution in [1.29, 1.82) is 5.26 Å². The maximum absolute atomic E-state index is 11.8. The molecule has 0 radical (unpaired) electrons. The first-order chi connectivity index (χ1) is 8.13. The number of pyridine rings is 1. The monoisotopic (exact) mass is 244 g/mol. The number of rotatable bonds is 2.